The first kappa shape index (κ1) is 12.6. The van der Waals surface area contributed by atoms with E-state index in [0.29, 0.717) is 12.3 Å². The third-order valence-electron chi connectivity index (χ3n) is 4.55. The highest BCUT2D eigenvalue weighted by molar-refractivity contribution is 5.68. The monoisotopic (exact) mass is 238 g/mol. The Bertz CT molecular complexity index is 358. The van der Waals surface area contributed by atoms with Crippen molar-refractivity contribution in [2.75, 3.05) is 0 Å². The minimum absolute atomic E-state index is 0.0742. The summed E-state index contributed by atoms with van der Waals surface area (Å²) in [6.45, 7) is 4.26. The van der Waals surface area contributed by atoms with Crippen molar-refractivity contribution in [1.82, 2.24) is 0 Å². The lowest BCUT2D eigenvalue weighted by Crippen LogP contribution is -2.49. The van der Waals surface area contributed by atoms with Crippen LogP contribution in [0.2, 0.25) is 0 Å². The molecule has 1 fully saturated rings. The van der Waals surface area contributed by atoms with Gasteiger partial charge in [-0.15, -0.1) is 0 Å². The topological polar surface area (TPSA) is 57.5 Å². The van der Waals surface area contributed by atoms with Crippen LogP contribution in [-0.2, 0) is 4.79 Å². The molecular formula is C14H22O3. The van der Waals surface area contributed by atoms with Crippen LogP contribution in [0.15, 0.2) is 11.1 Å². The van der Waals surface area contributed by atoms with Gasteiger partial charge in [-0.2, -0.15) is 0 Å². The van der Waals surface area contributed by atoms with E-state index >= 15 is 0 Å². The number of fused-ring (bicyclic) bond motifs is 2. The summed E-state index contributed by atoms with van der Waals surface area (Å²) < 4.78 is 0. The fourth-order valence-electron chi connectivity index (χ4n) is 3.90. The van der Waals surface area contributed by atoms with Crippen LogP contribution in [-0.4, -0.2) is 21.8 Å². The van der Waals surface area contributed by atoms with Crippen LogP contribution in [0.3, 0.4) is 0 Å². The molecule has 0 saturated heterocycles. The van der Waals surface area contributed by atoms with Crippen molar-refractivity contribution in [3.8, 4) is 0 Å². The summed E-state index contributed by atoms with van der Waals surface area (Å²) in [5, 5.41) is 19.5. The fraction of sp³-hybridized carbons (Fsp3) is 0.786. The van der Waals surface area contributed by atoms with Crippen LogP contribution in [0, 0.1) is 11.8 Å². The number of carbonyl (C=O) groups is 1. The summed E-state index contributed by atoms with van der Waals surface area (Å²) in [5.41, 5.74) is 1.78. The number of hydrogen-bond donors (Lipinski definition) is 2. The van der Waals surface area contributed by atoms with E-state index in [0.717, 1.165) is 25.7 Å². The maximum Gasteiger partial charge on any atom is 0.306 e. The van der Waals surface area contributed by atoms with E-state index in [1.54, 1.807) is 0 Å². The number of allylic oxidation sites excluding steroid dienone is 1. The minimum atomic E-state index is -0.990. The second kappa shape index (κ2) is 4.45. The zero-order valence-electron chi connectivity index (χ0n) is 10.7. The first-order valence-corrected chi connectivity index (χ1v) is 6.61. The van der Waals surface area contributed by atoms with Gasteiger partial charge in [-0.05, 0) is 38.5 Å². The summed E-state index contributed by atoms with van der Waals surface area (Å²) in [5.74, 6) is -0.389. The Kier molecular flexibility index (Phi) is 3.30. The van der Waals surface area contributed by atoms with Crippen molar-refractivity contribution in [3.63, 3.8) is 0 Å². The van der Waals surface area contributed by atoms with Crippen LogP contribution < -0.4 is 0 Å². The second-order valence-electron chi connectivity index (χ2n) is 5.66. The molecule has 3 atom stereocenters. The Hall–Kier alpha value is -0.830. The molecule has 3 heteroatoms. The summed E-state index contributed by atoms with van der Waals surface area (Å²) in [6, 6.07) is 0. The molecule has 0 amide bonds. The van der Waals surface area contributed by atoms with Gasteiger partial charge in [-0.3, -0.25) is 4.79 Å². The van der Waals surface area contributed by atoms with Gasteiger partial charge in [0.05, 0.1) is 12.0 Å². The van der Waals surface area contributed by atoms with E-state index in [2.05, 4.69) is 13.8 Å². The van der Waals surface area contributed by atoms with Gasteiger partial charge in [0.2, 0.25) is 0 Å². The van der Waals surface area contributed by atoms with Gasteiger partial charge in [-0.1, -0.05) is 24.5 Å². The number of rotatable bonds is 4. The Labute approximate surface area is 103 Å². The van der Waals surface area contributed by atoms with Gasteiger partial charge in [0.15, 0.2) is 0 Å². The molecule has 0 radical (unpaired) electrons. The predicted octanol–water partition coefficient (Wildman–Crippen LogP) is 2.74. The second-order valence-corrected chi connectivity index (χ2v) is 5.66. The Morgan fingerprint density at radius 3 is 2.71 bits per heavy atom. The van der Waals surface area contributed by atoms with E-state index in [9.17, 15) is 9.90 Å². The van der Waals surface area contributed by atoms with Crippen LogP contribution in [0.4, 0.5) is 0 Å². The molecule has 2 N–H and O–H groups in total. The van der Waals surface area contributed by atoms with Crippen LogP contribution >= 0.6 is 0 Å². The van der Waals surface area contributed by atoms with E-state index < -0.39 is 11.6 Å². The number of aliphatic carboxylic acids is 1. The van der Waals surface area contributed by atoms with Gasteiger partial charge in [0, 0.05) is 5.92 Å². The maximum atomic E-state index is 10.9. The van der Waals surface area contributed by atoms with Crippen molar-refractivity contribution in [2.45, 2.75) is 58.0 Å². The Morgan fingerprint density at radius 2 is 2.18 bits per heavy atom. The molecule has 0 aromatic carbocycles. The van der Waals surface area contributed by atoms with Crippen LogP contribution in [0.1, 0.15) is 52.4 Å². The zero-order chi connectivity index (χ0) is 12.6. The lowest BCUT2D eigenvalue weighted by atomic mass is 9.58. The number of carboxylic acid groups (broad SMARTS) is 1. The molecular weight excluding hydrogens is 216 g/mol. The van der Waals surface area contributed by atoms with E-state index in [1.807, 2.05) is 0 Å². The first-order valence-electron chi connectivity index (χ1n) is 6.61. The number of carboxylic acids is 1. The lowest BCUT2D eigenvalue weighted by molar-refractivity contribution is -0.148. The molecule has 0 aromatic rings. The van der Waals surface area contributed by atoms with Crippen molar-refractivity contribution >= 4 is 5.97 Å². The van der Waals surface area contributed by atoms with Gasteiger partial charge in [0.1, 0.15) is 0 Å². The molecule has 0 aliphatic heterocycles. The van der Waals surface area contributed by atoms with Crippen molar-refractivity contribution < 1.29 is 15.0 Å². The first-order chi connectivity index (χ1) is 7.98. The fourth-order valence-corrected chi connectivity index (χ4v) is 3.90. The average molecular weight is 238 g/mol. The highest BCUT2D eigenvalue weighted by Crippen LogP contribution is 2.52. The standard InChI is InChI=1S/C14H22O3/c1-3-4-11-9(2)12-6-5-10(11)7-14(12,17)8-13(15)16/h10,12,17H,3-8H2,1-2H3,(H,15,16). The van der Waals surface area contributed by atoms with Crippen LogP contribution in [0.5, 0.6) is 0 Å². The number of hydrogen-bond acceptors (Lipinski definition) is 2. The van der Waals surface area contributed by atoms with Gasteiger partial charge in [0.25, 0.3) is 0 Å². The highest BCUT2D eigenvalue weighted by atomic mass is 16.4. The molecule has 0 heterocycles. The van der Waals surface area contributed by atoms with Gasteiger partial charge >= 0.3 is 5.97 Å². The maximum absolute atomic E-state index is 10.9. The molecule has 3 aliphatic rings. The lowest BCUT2D eigenvalue weighted by Gasteiger charge is -2.50. The summed E-state index contributed by atoms with van der Waals surface area (Å²) in [7, 11) is 0. The van der Waals surface area contributed by atoms with Crippen molar-refractivity contribution in [2.24, 2.45) is 11.8 Å². The average Bonchev–Trinajstić information content (AvgIpc) is 2.21. The molecule has 1 saturated carbocycles. The molecule has 3 nitrogen and oxygen atoms in total. The molecule has 3 unspecified atom stereocenters. The Balaban J connectivity index is 2.27. The predicted molar refractivity (Wildman–Crippen MR) is 65.6 cm³/mol. The highest BCUT2D eigenvalue weighted by Gasteiger charge is 2.49. The largest absolute Gasteiger partial charge is 0.481 e. The van der Waals surface area contributed by atoms with E-state index in [1.165, 1.54) is 11.1 Å². The third-order valence-corrected chi connectivity index (χ3v) is 4.55. The summed E-state index contributed by atoms with van der Waals surface area (Å²) in [6.07, 6.45) is 4.86. The van der Waals surface area contributed by atoms with E-state index in [-0.39, 0.29) is 12.3 Å². The molecule has 96 valence electrons. The molecule has 2 bridgehead atoms. The third kappa shape index (κ3) is 2.13. The normalized spacial score (nSPS) is 36.4. The molecule has 3 aliphatic carbocycles. The quantitative estimate of drug-likeness (QED) is 0.740. The zero-order valence-corrected chi connectivity index (χ0v) is 10.7. The van der Waals surface area contributed by atoms with Gasteiger partial charge < -0.3 is 10.2 Å². The van der Waals surface area contributed by atoms with Gasteiger partial charge in [-0.25, -0.2) is 0 Å². The summed E-state index contributed by atoms with van der Waals surface area (Å²) >= 11 is 0. The van der Waals surface area contributed by atoms with Crippen molar-refractivity contribution in [1.29, 1.82) is 0 Å². The molecule has 3 rings (SSSR count). The minimum Gasteiger partial charge on any atom is -0.481 e. The molecule has 17 heavy (non-hydrogen) atoms. The molecule has 0 aromatic heterocycles. The smallest absolute Gasteiger partial charge is 0.306 e. The van der Waals surface area contributed by atoms with Crippen LogP contribution in [0.25, 0.3) is 0 Å². The summed E-state index contributed by atoms with van der Waals surface area (Å²) in [4.78, 5) is 10.9. The Morgan fingerprint density at radius 1 is 1.47 bits per heavy atom. The van der Waals surface area contributed by atoms with E-state index in [4.69, 9.17) is 5.11 Å². The molecule has 0 spiro atoms. The SMILES string of the molecule is CCCC1=C(C)C2CCC1CC2(O)CC(=O)O. The number of aliphatic hydroxyl groups is 1. The van der Waals surface area contributed by atoms with Crippen molar-refractivity contribution in [3.05, 3.63) is 11.1 Å².